The fourth-order valence-corrected chi connectivity index (χ4v) is 1.54. The summed E-state index contributed by atoms with van der Waals surface area (Å²) >= 11 is 6.04. The predicted molar refractivity (Wildman–Crippen MR) is 64.9 cm³/mol. The van der Waals surface area contributed by atoms with E-state index in [0.717, 1.165) is 5.69 Å². The van der Waals surface area contributed by atoms with Crippen molar-refractivity contribution in [3.8, 4) is 5.75 Å². The molecule has 84 valence electrons. The van der Waals surface area contributed by atoms with Gasteiger partial charge in [-0.15, -0.1) is 0 Å². The van der Waals surface area contributed by atoms with Gasteiger partial charge in [-0.25, -0.2) is 0 Å². The van der Waals surface area contributed by atoms with Crippen molar-refractivity contribution in [1.82, 2.24) is 0 Å². The van der Waals surface area contributed by atoms with Crippen molar-refractivity contribution in [2.45, 2.75) is 13.0 Å². The lowest BCUT2D eigenvalue weighted by molar-refractivity contribution is 0.415. The average Bonchev–Trinajstić information content (AvgIpc) is 2.26. The van der Waals surface area contributed by atoms with Crippen LogP contribution in [0.1, 0.15) is 6.92 Å². The fourth-order valence-electron chi connectivity index (χ4n) is 1.29. The van der Waals surface area contributed by atoms with Crippen LogP contribution in [-0.2, 0) is 0 Å². The fraction of sp³-hybridized carbons (Fsp3) is 0.455. The molecule has 1 rings (SSSR count). The van der Waals surface area contributed by atoms with Gasteiger partial charge in [0.1, 0.15) is 5.75 Å². The number of methoxy groups -OCH3 is 1. The maximum absolute atomic E-state index is 6.04. The van der Waals surface area contributed by atoms with E-state index in [1.165, 1.54) is 0 Å². The standard InChI is InChI=1S/C11H17ClN2O/c1-8(7-13)14(2)9-4-5-11(15-3)10(12)6-9/h4-6,8H,7,13H2,1-3H3. The molecule has 0 heterocycles. The third-order valence-electron chi connectivity index (χ3n) is 2.54. The highest BCUT2D eigenvalue weighted by molar-refractivity contribution is 6.32. The van der Waals surface area contributed by atoms with Gasteiger partial charge in [0.25, 0.3) is 0 Å². The number of hydrogen-bond donors (Lipinski definition) is 1. The molecular formula is C11H17ClN2O. The summed E-state index contributed by atoms with van der Waals surface area (Å²) in [6.45, 7) is 2.68. The Balaban J connectivity index is 2.92. The van der Waals surface area contributed by atoms with E-state index in [1.54, 1.807) is 7.11 Å². The molecule has 0 radical (unpaired) electrons. The lowest BCUT2D eigenvalue weighted by atomic mass is 10.2. The molecule has 0 aromatic heterocycles. The Morgan fingerprint density at radius 3 is 2.67 bits per heavy atom. The first-order valence-electron chi connectivity index (χ1n) is 4.86. The van der Waals surface area contributed by atoms with Crippen LogP contribution < -0.4 is 15.4 Å². The number of rotatable bonds is 4. The smallest absolute Gasteiger partial charge is 0.137 e. The van der Waals surface area contributed by atoms with E-state index in [0.29, 0.717) is 17.3 Å². The van der Waals surface area contributed by atoms with Crippen LogP contribution >= 0.6 is 11.6 Å². The monoisotopic (exact) mass is 228 g/mol. The molecule has 0 aliphatic rings. The molecule has 1 aromatic rings. The Bertz CT molecular complexity index is 330. The van der Waals surface area contributed by atoms with Gasteiger partial charge in [0.2, 0.25) is 0 Å². The van der Waals surface area contributed by atoms with Crippen molar-refractivity contribution in [3.05, 3.63) is 23.2 Å². The second kappa shape index (κ2) is 5.24. The predicted octanol–water partition coefficient (Wildman–Crippen LogP) is 2.13. The number of ether oxygens (including phenoxy) is 1. The molecule has 0 fully saturated rings. The van der Waals surface area contributed by atoms with Crippen LogP contribution in [0.25, 0.3) is 0 Å². The van der Waals surface area contributed by atoms with Crippen LogP contribution in [0.15, 0.2) is 18.2 Å². The number of anilines is 1. The van der Waals surface area contributed by atoms with E-state index >= 15 is 0 Å². The van der Waals surface area contributed by atoms with Crippen LogP contribution in [0.4, 0.5) is 5.69 Å². The van der Waals surface area contributed by atoms with Crippen LogP contribution in [0, 0.1) is 0 Å². The van der Waals surface area contributed by atoms with E-state index in [4.69, 9.17) is 22.1 Å². The third kappa shape index (κ3) is 2.76. The quantitative estimate of drug-likeness (QED) is 0.858. The normalized spacial score (nSPS) is 12.3. The number of benzene rings is 1. The SMILES string of the molecule is COc1ccc(N(C)C(C)CN)cc1Cl. The molecule has 1 atom stereocenters. The summed E-state index contributed by atoms with van der Waals surface area (Å²) in [5.41, 5.74) is 6.65. The number of halogens is 1. The van der Waals surface area contributed by atoms with Gasteiger partial charge in [-0.3, -0.25) is 0 Å². The summed E-state index contributed by atoms with van der Waals surface area (Å²) in [5.74, 6) is 0.689. The molecule has 0 bridgehead atoms. The molecule has 0 aliphatic heterocycles. The molecule has 0 saturated carbocycles. The molecular weight excluding hydrogens is 212 g/mol. The summed E-state index contributed by atoms with van der Waals surface area (Å²) in [6.07, 6.45) is 0. The van der Waals surface area contributed by atoms with Crippen LogP contribution in [0.2, 0.25) is 5.02 Å². The van der Waals surface area contributed by atoms with Gasteiger partial charge in [0, 0.05) is 25.3 Å². The zero-order valence-electron chi connectivity index (χ0n) is 9.33. The molecule has 0 saturated heterocycles. The van der Waals surface area contributed by atoms with Crippen molar-refractivity contribution < 1.29 is 4.74 Å². The van der Waals surface area contributed by atoms with Crippen molar-refractivity contribution in [1.29, 1.82) is 0 Å². The number of nitrogens with two attached hydrogens (primary N) is 1. The van der Waals surface area contributed by atoms with Gasteiger partial charge >= 0.3 is 0 Å². The first-order chi connectivity index (χ1) is 7.10. The van der Waals surface area contributed by atoms with Gasteiger partial charge in [-0.1, -0.05) is 11.6 Å². The molecule has 0 spiro atoms. The van der Waals surface area contributed by atoms with Gasteiger partial charge in [0.15, 0.2) is 0 Å². The molecule has 1 aromatic carbocycles. The maximum Gasteiger partial charge on any atom is 0.137 e. The topological polar surface area (TPSA) is 38.5 Å². The van der Waals surface area contributed by atoms with Crippen molar-refractivity contribution in [2.24, 2.45) is 5.73 Å². The Hall–Kier alpha value is -0.930. The molecule has 2 N–H and O–H groups in total. The molecule has 3 nitrogen and oxygen atoms in total. The summed E-state index contributed by atoms with van der Waals surface area (Å²) in [6, 6.07) is 6.00. The molecule has 0 aliphatic carbocycles. The highest BCUT2D eigenvalue weighted by atomic mass is 35.5. The Labute approximate surface area is 95.8 Å². The van der Waals surface area contributed by atoms with Crippen molar-refractivity contribution >= 4 is 17.3 Å². The van der Waals surface area contributed by atoms with E-state index in [1.807, 2.05) is 25.2 Å². The minimum atomic E-state index is 0.287. The largest absolute Gasteiger partial charge is 0.495 e. The van der Waals surface area contributed by atoms with Crippen LogP contribution in [-0.4, -0.2) is 26.7 Å². The first kappa shape index (κ1) is 12.1. The number of nitrogens with zero attached hydrogens (tertiary/aromatic N) is 1. The second-order valence-corrected chi connectivity index (χ2v) is 3.92. The Kier molecular flexibility index (Phi) is 4.24. The zero-order valence-corrected chi connectivity index (χ0v) is 10.1. The minimum absolute atomic E-state index is 0.287. The minimum Gasteiger partial charge on any atom is -0.495 e. The molecule has 1 unspecified atom stereocenters. The summed E-state index contributed by atoms with van der Waals surface area (Å²) in [4.78, 5) is 2.09. The highest BCUT2D eigenvalue weighted by Crippen LogP contribution is 2.29. The van der Waals surface area contributed by atoms with Gasteiger partial charge < -0.3 is 15.4 Å². The lowest BCUT2D eigenvalue weighted by Gasteiger charge is -2.26. The van der Waals surface area contributed by atoms with Crippen molar-refractivity contribution in [2.75, 3.05) is 25.6 Å². The molecule has 0 amide bonds. The van der Waals surface area contributed by atoms with Gasteiger partial charge in [-0.2, -0.15) is 0 Å². The van der Waals surface area contributed by atoms with Crippen molar-refractivity contribution in [3.63, 3.8) is 0 Å². The third-order valence-corrected chi connectivity index (χ3v) is 2.84. The van der Waals surface area contributed by atoms with E-state index in [-0.39, 0.29) is 6.04 Å². The highest BCUT2D eigenvalue weighted by Gasteiger charge is 2.10. The van der Waals surface area contributed by atoms with Gasteiger partial charge in [0.05, 0.1) is 12.1 Å². The molecule has 4 heteroatoms. The molecule has 15 heavy (non-hydrogen) atoms. The van der Waals surface area contributed by atoms with E-state index in [2.05, 4.69) is 11.8 Å². The Morgan fingerprint density at radius 2 is 2.20 bits per heavy atom. The van der Waals surface area contributed by atoms with E-state index < -0.39 is 0 Å². The zero-order chi connectivity index (χ0) is 11.4. The average molecular weight is 229 g/mol. The first-order valence-corrected chi connectivity index (χ1v) is 5.24. The van der Waals surface area contributed by atoms with Crippen LogP contribution in [0.5, 0.6) is 5.75 Å². The number of likely N-dealkylation sites (N-methyl/N-ethyl adjacent to an activating group) is 1. The van der Waals surface area contributed by atoms with Crippen LogP contribution in [0.3, 0.4) is 0 Å². The van der Waals surface area contributed by atoms with Gasteiger partial charge in [-0.05, 0) is 25.1 Å². The Morgan fingerprint density at radius 1 is 1.53 bits per heavy atom. The van der Waals surface area contributed by atoms with E-state index in [9.17, 15) is 0 Å². The summed E-state index contributed by atoms with van der Waals surface area (Å²) in [5, 5.41) is 0.617. The summed E-state index contributed by atoms with van der Waals surface area (Å²) in [7, 11) is 3.60. The maximum atomic E-state index is 6.04. The lowest BCUT2D eigenvalue weighted by Crippen LogP contribution is -2.35. The second-order valence-electron chi connectivity index (χ2n) is 3.51. The number of hydrogen-bond acceptors (Lipinski definition) is 3. The summed E-state index contributed by atoms with van der Waals surface area (Å²) < 4.78 is 5.09.